The molecule has 2 aliphatic rings. The highest BCUT2D eigenvalue weighted by Crippen LogP contribution is 2.36. The van der Waals surface area contributed by atoms with Crippen molar-refractivity contribution in [2.75, 3.05) is 13.1 Å². The number of aldehydes is 1. The summed E-state index contributed by atoms with van der Waals surface area (Å²) in [4.78, 5) is 28.0. The van der Waals surface area contributed by atoms with Gasteiger partial charge in [0.2, 0.25) is 11.7 Å². The number of pyridine rings is 2. The number of fused-ring (bicyclic) bond motifs is 1. The Morgan fingerprint density at radius 3 is 2.50 bits per heavy atom. The van der Waals surface area contributed by atoms with E-state index in [1.54, 1.807) is 18.6 Å². The normalized spacial score (nSPS) is 17.0. The van der Waals surface area contributed by atoms with Gasteiger partial charge in [-0.15, -0.1) is 0 Å². The fraction of sp³-hybridized carbons (Fsp3) is 0.206. The third kappa shape index (κ3) is 5.24. The molecule has 7 rings (SSSR count). The molecular formula is C34H30N6O2. The van der Waals surface area contributed by atoms with Crippen LogP contribution in [-0.2, 0) is 11.3 Å². The smallest absolute Gasteiger partial charge is 0.230 e. The van der Waals surface area contributed by atoms with Crippen molar-refractivity contribution in [1.82, 2.24) is 30.3 Å². The first kappa shape index (κ1) is 26.0. The highest BCUT2D eigenvalue weighted by atomic mass is 16.5. The van der Waals surface area contributed by atoms with Gasteiger partial charge in [-0.2, -0.15) is 4.98 Å². The average molecular weight is 555 g/mol. The van der Waals surface area contributed by atoms with E-state index in [-0.39, 0.29) is 5.92 Å². The topological polar surface area (TPSA) is 97.0 Å². The summed E-state index contributed by atoms with van der Waals surface area (Å²) in [6, 6.07) is 24.5. The second kappa shape index (κ2) is 11.5. The minimum Gasteiger partial charge on any atom is -0.378 e. The Balaban J connectivity index is 1.06. The number of carbonyl (C=O) groups is 1. The maximum Gasteiger partial charge on any atom is 0.230 e. The lowest BCUT2D eigenvalue weighted by atomic mass is 9.93. The van der Waals surface area contributed by atoms with Crippen LogP contribution in [0.2, 0.25) is 0 Å². The predicted molar refractivity (Wildman–Crippen MR) is 161 cm³/mol. The third-order valence-corrected chi connectivity index (χ3v) is 8.09. The van der Waals surface area contributed by atoms with Gasteiger partial charge in [0.15, 0.2) is 0 Å². The second-order valence-corrected chi connectivity index (χ2v) is 10.8. The fourth-order valence-electron chi connectivity index (χ4n) is 5.79. The van der Waals surface area contributed by atoms with Crippen molar-refractivity contribution in [3.63, 3.8) is 0 Å². The zero-order valence-corrected chi connectivity index (χ0v) is 23.1. The molecule has 1 saturated heterocycles. The van der Waals surface area contributed by atoms with Crippen LogP contribution in [0.4, 0.5) is 0 Å². The molecule has 0 amide bonds. The Morgan fingerprint density at radius 1 is 0.929 bits per heavy atom. The second-order valence-electron chi connectivity index (χ2n) is 10.8. The molecule has 1 atom stereocenters. The van der Waals surface area contributed by atoms with E-state index in [4.69, 9.17) is 9.51 Å². The molecule has 42 heavy (non-hydrogen) atoms. The summed E-state index contributed by atoms with van der Waals surface area (Å²) in [5.41, 5.74) is 7.89. The summed E-state index contributed by atoms with van der Waals surface area (Å²) in [5, 5.41) is 7.29. The Kier molecular flexibility index (Phi) is 7.12. The number of likely N-dealkylation sites (tertiary alicyclic amines) is 1. The summed E-state index contributed by atoms with van der Waals surface area (Å²) < 4.78 is 5.62. The molecule has 1 N–H and O–H groups in total. The van der Waals surface area contributed by atoms with E-state index in [0.29, 0.717) is 5.82 Å². The Morgan fingerprint density at radius 2 is 1.74 bits per heavy atom. The summed E-state index contributed by atoms with van der Waals surface area (Å²) in [6.45, 7) is 2.83. The molecule has 0 radical (unpaired) electrons. The van der Waals surface area contributed by atoms with Gasteiger partial charge in [-0.25, -0.2) is 4.98 Å². The van der Waals surface area contributed by atoms with Gasteiger partial charge in [-0.1, -0.05) is 59.8 Å². The van der Waals surface area contributed by atoms with Crippen molar-refractivity contribution in [2.24, 2.45) is 0 Å². The number of hydrogen-bond acceptors (Lipinski definition) is 8. The van der Waals surface area contributed by atoms with Crippen molar-refractivity contribution >= 4 is 12.4 Å². The largest absolute Gasteiger partial charge is 0.378 e. The third-order valence-electron chi connectivity index (χ3n) is 8.09. The fourth-order valence-corrected chi connectivity index (χ4v) is 5.79. The van der Waals surface area contributed by atoms with Crippen molar-refractivity contribution in [3.05, 3.63) is 114 Å². The SMILES string of the molecule is O=CC1NC=Cc2nc(-c3ccc(CN4CCC(c5nc(-c6cccnc6)no5)CC4)cc3)c(-c3ccccc3)cc21. The molecule has 208 valence electrons. The zero-order chi connectivity index (χ0) is 28.3. The quantitative estimate of drug-likeness (QED) is 0.243. The molecule has 2 aliphatic heterocycles. The highest BCUT2D eigenvalue weighted by Gasteiger charge is 2.26. The van der Waals surface area contributed by atoms with Crippen LogP contribution in [0.5, 0.6) is 0 Å². The average Bonchev–Trinajstić information content (AvgIpc) is 3.56. The maximum atomic E-state index is 11.7. The predicted octanol–water partition coefficient (Wildman–Crippen LogP) is 6.05. The molecule has 0 saturated carbocycles. The molecule has 0 spiro atoms. The molecule has 1 unspecified atom stereocenters. The van der Waals surface area contributed by atoms with Gasteiger partial charge < -0.3 is 14.6 Å². The van der Waals surface area contributed by atoms with Crippen LogP contribution in [0.3, 0.4) is 0 Å². The van der Waals surface area contributed by atoms with Crippen molar-refractivity contribution < 1.29 is 9.32 Å². The van der Waals surface area contributed by atoms with Crippen LogP contribution < -0.4 is 5.32 Å². The van der Waals surface area contributed by atoms with Gasteiger partial charge in [0.25, 0.3) is 0 Å². The van der Waals surface area contributed by atoms with Crippen LogP contribution in [0.15, 0.2) is 95.9 Å². The minimum atomic E-state index is -0.399. The monoisotopic (exact) mass is 554 g/mol. The first-order valence-corrected chi connectivity index (χ1v) is 14.3. The molecule has 1 fully saturated rings. The Bertz CT molecular complexity index is 1710. The Labute approximate surface area is 244 Å². The standard InChI is InChI=1S/C34H30N6O2/c41-22-31-29-19-28(24-5-2-1-3-6-24)32(37-30(29)12-16-36-31)25-10-8-23(9-11-25)21-40-17-13-26(14-18-40)34-38-33(39-42-34)27-7-4-15-35-20-27/h1-12,15-16,19-20,22,26,31,36H,13-14,17-18,21H2. The van der Waals surface area contributed by atoms with E-state index in [1.807, 2.05) is 36.4 Å². The number of piperidine rings is 1. The maximum absolute atomic E-state index is 11.7. The number of aromatic nitrogens is 4. The molecule has 2 aromatic carbocycles. The molecular weight excluding hydrogens is 524 g/mol. The van der Waals surface area contributed by atoms with Crippen LogP contribution in [0.25, 0.3) is 39.8 Å². The molecule has 8 heteroatoms. The molecule has 0 aliphatic carbocycles. The van der Waals surface area contributed by atoms with Gasteiger partial charge in [-0.05, 0) is 67.5 Å². The first-order chi connectivity index (χ1) is 20.7. The first-order valence-electron chi connectivity index (χ1n) is 14.3. The molecule has 3 aromatic heterocycles. The van der Waals surface area contributed by atoms with Gasteiger partial charge in [-0.3, -0.25) is 9.88 Å². The lowest BCUT2D eigenvalue weighted by Gasteiger charge is -2.30. The lowest BCUT2D eigenvalue weighted by Crippen LogP contribution is -2.32. The number of rotatable bonds is 7. The minimum absolute atomic E-state index is 0.274. The number of benzene rings is 2. The zero-order valence-electron chi connectivity index (χ0n) is 23.1. The number of carbonyl (C=O) groups excluding carboxylic acids is 1. The number of nitrogens with one attached hydrogen (secondary N) is 1. The van der Waals surface area contributed by atoms with E-state index in [1.165, 1.54) is 5.56 Å². The molecule has 8 nitrogen and oxygen atoms in total. The van der Waals surface area contributed by atoms with Crippen molar-refractivity contribution in [1.29, 1.82) is 0 Å². The summed E-state index contributed by atoms with van der Waals surface area (Å²) in [6.07, 6.45) is 10.1. The number of nitrogens with zero attached hydrogens (tertiary/aromatic N) is 5. The van der Waals surface area contributed by atoms with Crippen molar-refractivity contribution in [2.45, 2.75) is 31.3 Å². The number of hydrogen-bond donors (Lipinski definition) is 1. The van der Waals surface area contributed by atoms with Gasteiger partial charge in [0.1, 0.15) is 12.3 Å². The molecule has 5 aromatic rings. The lowest BCUT2D eigenvalue weighted by molar-refractivity contribution is -0.109. The summed E-state index contributed by atoms with van der Waals surface area (Å²) in [7, 11) is 0. The van der Waals surface area contributed by atoms with Crippen LogP contribution >= 0.6 is 0 Å². The van der Waals surface area contributed by atoms with Gasteiger partial charge >= 0.3 is 0 Å². The van der Waals surface area contributed by atoms with E-state index >= 15 is 0 Å². The highest BCUT2D eigenvalue weighted by molar-refractivity contribution is 5.84. The van der Waals surface area contributed by atoms with Crippen LogP contribution in [0, 0.1) is 0 Å². The van der Waals surface area contributed by atoms with Crippen molar-refractivity contribution in [3.8, 4) is 33.8 Å². The van der Waals surface area contributed by atoms with Crippen LogP contribution in [-0.4, -0.2) is 44.4 Å². The van der Waals surface area contributed by atoms with E-state index in [2.05, 4.69) is 67.8 Å². The molecule has 5 heterocycles. The van der Waals surface area contributed by atoms with E-state index in [9.17, 15) is 4.79 Å². The van der Waals surface area contributed by atoms with E-state index in [0.717, 1.165) is 83.9 Å². The summed E-state index contributed by atoms with van der Waals surface area (Å²) >= 11 is 0. The van der Waals surface area contributed by atoms with Gasteiger partial charge in [0, 0.05) is 47.1 Å². The summed E-state index contributed by atoms with van der Waals surface area (Å²) in [5.74, 6) is 1.59. The van der Waals surface area contributed by atoms with E-state index < -0.39 is 6.04 Å². The molecule has 0 bridgehead atoms. The van der Waals surface area contributed by atoms with Crippen LogP contribution in [0.1, 0.15) is 47.5 Å². The Hall–Kier alpha value is -4.95. The van der Waals surface area contributed by atoms with Gasteiger partial charge in [0.05, 0.1) is 11.4 Å².